The Morgan fingerprint density at radius 2 is 1.96 bits per heavy atom. The van der Waals surface area contributed by atoms with Crippen LogP contribution in [0, 0.1) is 0 Å². The van der Waals surface area contributed by atoms with Gasteiger partial charge in [-0.3, -0.25) is 9.59 Å². The van der Waals surface area contributed by atoms with Gasteiger partial charge in [0.1, 0.15) is 6.10 Å². The molecule has 1 aliphatic heterocycles. The number of carbonyl (C=O) groups is 2. The molecule has 0 aliphatic carbocycles. The first-order valence-corrected chi connectivity index (χ1v) is 6.89. The summed E-state index contributed by atoms with van der Waals surface area (Å²) < 4.78 is 43.7. The highest BCUT2D eigenvalue weighted by atomic mass is 35.5. The van der Waals surface area contributed by atoms with Gasteiger partial charge in [0.15, 0.2) is 0 Å². The lowest BCUT2D eigenvalue weighted by Crippen LogP contribution is -2.45. The van der Waals surface area contributed by atoms with E-state index in [1.54, 1.807) is 0 Å². The highest BCUT2D eigenvalue weighted by molar-refractivity contribution is 6.00. The molecule has 6 nitrogen and oxygen atoms in total. The van der Waals surface area contributed by atoms with Crippen molar-refractivity contribution in [3.63, 3.8) is 0 Å². The van der Waals surface area contributed by atoms with Crippen LogP contribution in [0.1, 0.15) is 12.5 Å². The summed E-state index contributed by atoms with van der Waals surface area (Å²) in [6, 6.07) is 2.71. The molecule has 0 radical (unpaired) electrons. The van der Waals surface area contributed by atoms with Gasteiger partial charge in [0.25, 0.3) is 5.91 Å². The Bertz CT molecular complexity index is 605. The van der Waals surface area contributed by atoms with Crippen molar-refractivity contribution >= 4 is 35.6 Å². The van der Waals surface area contributed by atoms with Crippen LogP contribution in [0.2, 0.25) is 0 Å². The highest BCUT2D eigenvalue weighted by Crippen LogP contribution is 2.34. The normalized spacial score (nSPS) is 17.6. The van der Waals surface area contributed by atoms with Crippen molar-refractivity contribution in [2.24, 2.45) is 0 Å². The van der Waals surface area contributed by atoms with Crippen molar-refractivity contribution in [1.29, 1.82) is 0 Å². The average Bonchev–Trinajstić information content (AvgIpc) is 2.48. The van der Waals surface area contributed by atoms with Crippen molar-refractivity contribution in [3.05, 3.63) is 23.8 Å². The molecule has 134 valence electrons. The first-order valence-electron chi connectivity index (χ1n) is 6.89. The van der Waals surface area contributed by atoms with E-state index >= 15 is 0 Å². The van der Waals surface area contributed by atoms with E-state index in [-0.39, 0.29) is 30.3 Å². The zero-order chi connectivity index (χ0) is 17.0. The smallest absolute Gasteiger partial charge is 0.366 e. The summed E-state index contributed by atoms with van der Waals surface area (Å²) >= 11 is 0. The number of halogens is 4. The molecule has 0 spiro atoms. The van der Waals surface area contributed by atoms with E-state index in [1.165, 1.54) is 6.92 Å². The fourth-order valence-electron chi connectivity index (χ4n) is 2.07. The molecule has 10 heteroatoms. The summed E-state index contributed by atoms with van der Waals surface area (Å²) in [6.45, 7) is 2.42. The second kappa shape index (κ2) is 8.32. The number of ether oxygens (including phenoxy) is 1. The summed E-state index contributed by atoms with van der Waals surface area (Å²) in [5.41, 5.74) is -0.971. The maximum Gasteiger partial charge on any atom is 0.416 e. The van der Waals surface area contributed by atoms with Crippen LogP contribution in [0.4, 0.5) is 24.5 Å². The van der Waals surface area contributed by atoms with Crippen LogP contribution in [0.25, 0.3) is 0 Å². The third-order valence-electron chi connectivity index (χ3n) is 3.14. The van der Waals surface area contributed by atoms with E-state index in [1.807, 2.05) is 0 Å². The van der Waals surface area contributed by atoms with Crippen molar-refractivity contribution < 1.29 is 27.5 Å². The topological polar surface area (TPSA) is 79.5 Å². The first kappa shape index (κ1) is 20.2. The van der Waals surface area contributed by atoms with Crippen LogP contribution < -0.4 is 16.0 Å². The molecule has 1 atom stereocenters. The number of rotatable bonds is 3. The van der Waals surface area contributed by atoms with E-state index in [0.29, 0.717) is 13.2 Å². The SMILES string of the molecule is CC(=O)Nc1ccc(C(F)(F)F)cc1NC(=O)C1CNCCO1.Cl. The molecular weight excluding hydrogens is 351 g/mol. The molecule has 1 aromatic carbocycles. The summed E-state index contributed by atoms with van der Waals surface area (Å²) in [7, 11) is 0. The molecule has 24 heavy (non-hydrogen) atoms. The molecule has 0 bridgehead atoms. The zero-order valence-electron chi connectivity index (χ0n) is 12.7. The maximum absolute atomic E-state index is 12.8. The molecule has 0 saturated carbocycles. The van der Waals surface area contributed by atoms with E-state index in [2.05, 4.69) is 16.0 Å². The monoisotopic (exact) mass is 367 g/mol. The number of hydrogen-bond acceptors (Lipinski definition) is 4. The predicted molar refractivity (Wildman–Crippen MR) is 84.2 cm³/mol. The molecule has 2 rings (SSSR count). The summed E-state index contributed by atoms with van der Waals surface area (Å²) in [6.07, 6.45) is -5.36. The third-order valence-corrected chi connectivity index (χ3v) is 3.14. The minimum Gasteiger partial charge on any atom is -0.366 e. The van der Waals surface area contributed by atoms with Crippen LogP contribution in [0.15, 0.2) is 18.2 Å². The largest absolute Gasteiger partial charge is 0.416 e. The lowest BCUT2D eigenvalue weighted by Gasteiger charge is -2.23. The van der Waals surface area contributed by atoms with Gasteiger partial charge in [0, 0.05) is 20.0 Å². The Labute approximate surface area is 142 Å². The van der Waals surface area contributed by atoms with E-state index in [0.717, 1.165) is 18.2 Å². The van der Waals surface area contributed by atoms with E-state index < -0.39 is 29.7 Å². The highest BCUT2D eigenvalue weighted by Gasteiger charge is 2.32. The molecule has 1 unspecified atom stereocenters. The Morgan fingerprint density at radius 3 is 2.50 bits per heavy atom. The van der Waals surface area contributed by atoms with Gasteiger partial charge in [0.05, 0.1) is 23.5 Å². The van der Waals surface area contributed by atoms with Gasteiger partial charge < -0.3 is 20.7 Å². The number of carbonyl (C=O) groups excluding carboxylic acids is 2. The minimum absolute atomic E-state index is 0. The van der Waals surface area contributed by atoms with Crippen molar-refractivity contribution in [3.8, 4) is 0 Å². The molecule has 1 saturated heterocycles. The quantitative estimate of drug-likeness (QED) is 0.763. The van der Waals surface area contributed by atoms with Crippen molar-refractivity contribution in [1.82, 2.24) is 5.32 Å². The van der Waals surface area contributed by atoms with Gasteiger partial charge in [-0.15, -0.1) is 12.4 Å². The van der Waals surface area contributed by atoms with Crippen LogP contribution in [0.3, 0.4) is 0 Å². The fraction of sp³-hybridized carbons (Fsp3) is 0.429. The minimum atomic E-state index is -4.56. The molecule has 0 aromatic heterocycles. The first-order chi connectivity index (χ1) is 10.8. The second-order valence-corrected chi connectivity index (χ2v) is 4.99. The molecule has 1 aliphatic rings. The van der Waals surface area contributed by atoms with Crippen LogP contribution in [-0.4, -0.2) is 37.6 Å². The summed E-state index contributed by atoms with van der Waals surface area (Å²) in [5.74, 6) is -1.04. The van der Waals surface area contributed by atoms with Gasteiger partial charge in [-0.05, 0) is 18.2 Å². The molecule has 1 aromatic rings. The Balaban J connectivity index is 0.00000288. The number of alkyl halides is 3. The number of morpholine rings is 1. The number of hydrogen-bond donors (Lipinski definition) is 3. The molecule has 2 amide bonds. The third kappa shape index (κ3) is 5.36. The standard InChI is InChI=1S/C14H16F3N3O3.ClH/c1-8(21)19-10-3-2-9(14(15,16)17)6-11(10)20-13(22)12-7-18-4-5-23-12;/h2-3,6,12,18H,4-5,7H2,1H3,(H,19,21)(H,20,22);1H. The molecule has 3 N–H and O–H groups in total. The number of amides is 2. The maximum atomic E-state index is 12.8. The number of anilines is 2. The van der Waals surface area contributed by atoms with E-state index in [4.69, 9.17) is 4.74 Å². The second-order valence-electron chi connectivity index (χ2n) is 4.99. The van der Waals surface area contributed by atoms with Crippen LogP contribution in [-0.2, 0) is 20.5 Å². The average molecular weight is 368 g/mol. The van der Waals surface area contributed by atoms with Gasteiger partial charge in [-0.2, -0.15) is 13.2 Å². The lowest BCUT2D eigenvalue weighted by atomic mass is 10.1. The molecular formula is C14H17ClF3N3O3. The Morgan fingerprint density at radius 1 is 1.25 bits per heavy atom. The molecule has 1 fully saturated rings. The van der Waals surface area contributed by atoms with Crippen LogP contribution in [0.5, 0.6) is 0 Å². The van der Waals surface area contributed by atoms with Gasteiger partial charge in [0.2, 0.25) is 5.91 Å². The van der Waals surface area contributed by atoms with Gasteiger partial charge >= 0.3 is 6.18 Å². The summed E-state index contributed by atoms with van der Waals surface area (Å²) in [5, 5.41) is 7.71. The Kier molecular flexibility index (Phi) is 7.00. The molecule has 1 heterocycles. The fourth-order valence-corrected chi connectivity index (χ4v) is 2.07. The Hall–Kier alpha value is -1.84. The van der Waals surface area contributed by atoms with Crippen molar-refractivity contribution in [2.45, 2.75) is 19.2 Å². The zero-order valence-corrected chi connectivity index (χ0v) is 13.5. The number of benzene rings is 1. The van der Waals surface area contributed by atoms with Crippen LogP contribution >= 0.6 is 12.4 Å². The predicted octanol–water partition coefficient (Wildman–Crippen LogP) is 2.01. The van der Waals surface area contributed by atoms with Gasteiger partial charge in [-0.1, -0.05) is 0 Å². The lowest BCUT2D eigenvalue weighted by molar-refractivity contribution is -0.137. The van der Waals surface area contributed by atoms with Gasteiger partial charge in [-0.25, -0.2) is 0 Å². The van der Waals surface area contributed by atoms with Crippen molar-refractivity contribution in [2.75, 3.05) is 30.3 Å². The van der Waals surface area contributed by atoms with E-state index in [9.17, 15) is 22.8 Å². The number of nitrogens with one attached hydrogen (secondary N) is 3. The summed E-state index contributed by atoms with van der Waals surface area (Å²) in [4.78, 5) is 23.3.